The zero-order valence-corrected chi connectivity index (χ0v) is 19.5. The number of para-hydroxylation sites is 2. The molecule has 164 valence electrons. The van der Waals surface area contributed by atoms with Crippen LogP contribution >= 0.6 is 0 Å². The molecule has 0 radical (unpaired) electrons. The number of imidazole rings is 1. The summed E-state index contributed by atoms with van der Waals surface area (Å²) in [6, 6.07) is 17.5. The normalized spacial score (nSPS) is 19.9. The van der Waals surface area contributed by atoms with Crippen LogP contribution in [0.3, 0.4) is 0 Å². The Kier molecular flexibility index (Phi) is 6.64. The molecular weight excluding hydrogens is 380 g/mol. The first-order valence-electron chi connectivity index (χ1n) is 11.6. The summed E-state index contributed by atoms with van der Waals surface area (Å²) in [6.07, 6.45) is 7.78. The number of anilines is 2. The number of aromatic nitrogens is 2. The van der Waals surface area contributed by atoms with Crippen molar-refractivity contribution >= 4 is 11.4 Å². The molecule has 0 amide bonds. The number of aryl methyl sites for hydroxylation is 1. The van der Waals surface area contributed by atoms with Crippen LogP contribution in [0, 0.1) is 18.8 Å². The molecule has 2 aliphatic heterocycles. The highest BCUT2D eigenvalue weighted by Crippen LogP contribution is 2.30. The number of benzene rings is 2. The number of fused-ring (bicyclic) bond motifs is 2. The molecule has 4 nitrogen and oxygen atoms in total. The molecule has 2 atom stereocenters. The Labute approximate surface area is 187 Å². The van der Waals surface area contributed by atoms with E-state index < -0.39 is 0 Å². The number of rotatable bonds is 3. The second kappa shape index (κ2) is 9.59. The molecule has 2 aromatic carbocycles. The molecule has 0 saturated carbocycles. The lowest BCUT2D eigenvalue weighted by molar-refractivity contribution is 0.430. The number of hydrogen-bond donors (Lipinski definition) is 0. The highest BCUT2D eigenvalue weighted by molar-refractivity contribution is 5.55. The van der Waals surface area contributed by atoms with Gasteiger partial charge in [-0.15, -0.1) is 0 Å². The van der Waals surface area contributed by atoms with Gasteiger partial charge in [-0.05, 0) is 54.9 Å². The minimum Gasteiger partial charge on any atom is -0.374 e. The van der Waals surface area contributed by atoms with Gasteiger partial charge in [0.15, 0.2) is 0 Å². The summed E-state index contributed by atoms with van der Waals surface area (Å²) in [6.45, 7) is 7.71. The third-order valence-corrected chi connectivity index (χ3v) is 6.70. The highest BCUT2D eigenvalue weighted by atomic mass is 15.1. The molecule has 3 aromatic rings. The van der Waals surface area contributed by atoms with Gasteiger partial charge >= 0.3 is 0 Å². The van der Waals surface area contributed by atoms with E-state index >= 15 is 0 Å². The van der Waals surface area contributed by atoms with Crippen molar-refractivity contribution in [2.75, 3.05) is 37.0 Å². The van der Waals surface area contributed by atoms with Crippen molar-refractivity contribution in [1.29, 1.82) is 0 Å². The van der Waals surface area contributed by atoms with Gasteiger partial charge in [0.05, 0.1) is 12.0 Å². The quantitative estimate of drug-likeness (QED) is 0.586. The number of nitrogens with zero attached hydrogens (tertiary/aromatic N) is 4. The Morgan fingerprint density at radius 2 is 1.39 bits per heavy atom. The van der Waals surface area contributed by atoms with E-state index in [0.717, 1.165) is 31.1 Å². The van der Waals surface area contributed by atoms with Gasteiger partial charge in [0.1, 0.15) is 0 Å². The van der Waals surface area contributed by atoms with Gasteiger partial charge in [-0.25, -0.2) is 4.98 Å². The van der Waals surface area contributed by atoms with Gasteiger partial charge in [0.25, 0.3) is 0 Å². The molecule has 4 heteroatoms. The lowest BCUT2D eigenvalue weighted by Gasteiger charge is -2.33. The van der Waals surface area contributed by atoms with E-state index in [-0.39, 0.29) is 0 Å². The van der Waals surface area contributed by atoms with Crippen molar-refractivity contribution in [2.45, 2.75) is 39.7 Å². The Bertz CT molecular complexity index is 992. The summed E-state index contributed by atoms with van der Waals surface area (Å²) in [5.74, 6) is 1.51. The molecule has 0 saturated heterocycles. The zero-order valence-electron chi connectivity index (χ0n) is 19.5. The monoisotopic (exact) mass is 416 g/mol. The highest BCUT2D eigenvalue weighted by Gasteiger charge is 2.22. The summed E-state index contributed by atoms with van der Waals surface area (Å²) >= 11 is 0. The van der Waals surface area contributed by atoms with Crippen molar-refractivity contribution < 1.29 is 0 Å². The summed E-state index contributed by atoms with van der Waals surface area (Å²) < 4.78 is 2.21. The first-order chi connectivity index (χ1) is 15.0. The average Bonchev–Trinajstić information content (AvgIpc) is 3.18. The Morgan fingerprint density at radius 3 is 1.94 bits per heavy atom. The van der Waals surface area contributed by atoms with Crippen LogP contribution in [0.5, 0.6) is 0 Å². The zero-order chi connectivity index (χ0) is 21.8. The summed E-state index contributed by atoms with van der Waals surface area (Å²) in [5, 5.41) is 0. The van der Waals surface area contributed by atoms with Crippen LogP contribution in [0.4, 0.5) is 11.4 Å². The van der Waals surface area contributed by atoms with Crippen molar-refractivity contribution in [3.63, 3.8) is 0 Å². The van der Waals surface area contributed by atoms with E-state index in [1.807, 2.05) is 13.3 Å². The molecule has 0 fully saturated rings. The first kappa shape index (κ1) is 21.5. The van der Waals surface area contributed by atoms with Crippen LogP contribution in [-0.2, 0) is 19.4 Å². The standard InChI is InChI=1S/C15H19N3.C12H17N/c1-12-8-18(11-16-12)10-13-7-14-5-3-4-6-15(14)17(2)9-13;1-3-10-8-11-6-4-5-7-12(11)13(2)9-10/h3-6,8,11,13H,7,9-10H2,1-2H3;4-7,10H,3,8-9H2,1-2H3. The van der Waals surface area contributed by atoms with E-state index in [0.29, 0.717) is 5.92 Å². The Morgan fingerprint density at radius 1 is 0.839 bits per heavy atom. The molecular formula is C27H36N4. The maximum absolute atomic E-state index is 4.29. The molecule has 3 heterocycles. The van der Waals surface area contributed by atoms with Crippen LogP contribution in [-0.4, -0.2) is 36.7 Å². The third kappa shape index (κ3) is 5.12. The Balaban J connectivity index is 0.000000158. The van der Waals surface area contributed by atoms with E-state index in [1.54, 1.807) is 0 Å². The van der Waals surface area contributed by atoms with Crippen LogP contribution in [0.2, 0.25) is 0 Å². The fraction of sp³-hybridized carbons (Fsp3) is 0.444. The smallest absolute Gasteiger partial charge is 0.0949 e. The maximum Gasteiger partial charge on any atom is 0.0949 e. The van der Waals surface area contributed by atoms with E-state index in [9.17, 15) is 0 Å². The molecule has 2 aliphatic rings. The average molecular weight is 417 g/mol. The first-order valence-corrected chi connectivity index (χ1v) is 11.6. The van der Waals surface area contributed by atoms with E-state index in [1.165, 1.54) is 41.9 Å². The fourth-order valence-corrected chi connectivity index (χ4v) is 5.10. The largest absolute Gasteiger partial charge is 0.374 e. The van der Waals surface area contributed by atoms with Crippen LogP contribution in [0.1, 0.15) is 30.2 Å². The lowest BCUT2D eigenvalue weighted by Crippen LogP contribution is -2.34. The van der Waals surface area contributed by atoms with Crippen LogP contribution < -0.4 is 9.80 Å². The van der Waals surface area contributed by atoms with Crippen molar-refractivity contribution in [3.05, 3.63) is 77.9 Å². The Hall–Kier alpha value is -2.75. The van der Waals surface area contributed by atoms with Crippen LogP contribution in [0.25, 0.3) is 0 Å². The second-order valence-electron chi connectivity index (χ2n) is 9.28. The molecule has 31 heavy (non-hydrogen) atoms. The maximum atomic E-state index is 4.29. The van der Waals surface area contributed by atoms with Crippen LogP contribution in [0.15, 0.2) is 61.1 Å². The van der Waals surface area contributed by atoms with Crippen molar-refractivity contribution in [2.24, 2.45) is 11.8 Å². The fourth-order valence-electron chi connectivity index (χ4n) is 5.10. The summed E-state index contributed by atoms with van der Waals surface area (Å²) in [7, 11) is 4.38. The third-order valence-electron chi connectivity index (χ3n) is 6.70. The van der Waals surface area contributed by atoms with E-state index in [2.05, 4.69) is 95.1 Å². The van der Waals surface area contributed by atoms with Gasteiger partial charge in [-0.1, -0.05) is 49.7 Å². The minimum absolute atomic E-state index is 0.665. The second-order valence-corrected chi connectivity index (χ2v) is 9.28. The molecule has 0 aliphatic carbocycles. The summed E-state index contributed by atoms with van der Waals surface area (Å²) in [5.41, 5.74) is 6.89. The van der Waals surface area contributed by atoms with Gasteiger partial charge in [0.2, 0.25) is 0 Å². The molecule has 0 bridgehead atoms. The molecule has 2 unspecified atom stereocenters. The van der Waals surface area contributed by atoms with Gasteiger partial charge in [-0.3, -0.25) is 0 Å². The predicted molar refractivity (Wildman–Crippen MR) is 131 cm³/mol. The topological polar surface area (TPSA) is 24.3 Å². The van der Waals surface area contributed by atoms with Gasteiger partial charge in [-0.2, -0.15) is 0 Å². The molecule has 0 spiro atoms. The van der Waals surface area contributed by atoms with Gasteiger partial charge < -0.3 is 14.4 Å². The molecule has 5 rings (SSSR count). The summed E-state index contributed by atoms with van der Waals surface area (Å²) in [4.78, 5) is 9.05. The predicted octanol–water partition coefficient (Wildman–Crippen LogP) is 5.21. The molecule has 0 N–H and O–H groups in total. The SMILES string of the molecule is CCC1Cc2ccccc2N(C)C1.Cc1cn(CC2Cc3ccccc3N(C)C2)cn1. The minimum atomic E-state index is 0.665. The molecule has 1 aromatic heterocycles. The lowest BCUT2D eigenvalue weighted by atomic mass is 9.91. The van der Waals surface area contributed by atoms with E-state index in [4.69, 9.17) is 0 Å². The number of hydrogen-bond acceptors (Lipinski definition) is 3. The van der Waals surface area contributed by atoms with Crippen molar-refractivity contribution in [3.8, 4) is 0 Å². The van der Waals surface area contributed by atoms with Gasteiger partial charge in [0, 0.05) is 51.3 Å². The van der Waals surface area contributed by atoms with Crippen molar-refractivity contribution in [1.82, 2.24) is 9.55 Å².